The maximum absolute atomic E-state index is 11.0. The molecule has 1 aliphatic carbocycles. The number of carbonyl (C=O) groups is 1. The zero-order chi connectivity index (χ0) is 12.0. The third kappa shape index (κ3) is 4.12. The van der Waals surface area contributed by atoms with E-state index in [1.807, 2.05) is 0 Å². The standard InChI is InChI=1S/C13H25NO2/c1-3-7-14-10-13(9-12(15)16)6-4-5-11(2)8-13/h11,14H,3-10H2,1-2H3,(H,15,16)/t11-,13+/m1/s1. The van der Waals surface area contributed by atoms with Gasteiger partial charge in [0.15, 0.2) is 0 Å². The fourth-order valence-corrected chi connectivity index (χ4v) is 3.00. The molecule has 1 saturated carbocycles. The molecule has 0 saturated heterocycles. The Morgan fingerprint density at radius 3 is 2.88 bits per heavy atom. The fraction of sp³-hybridized carbons (Fsp3) is 0.923. The van der Waals surface area contributed by atoms with E-state index >= 15 is 0 Å². The first-order chi connectivity index (χ1) is 7.58. The highest BCUT2D eigenvalue weighted by Crippen LogP contribution is 2.41. The van der Waals surface area contributed by atoms with Gasteiger partial charge < -0.3 is 10.4 Å². The summed E-state index contributed by atoms with van der Waals surface area (Å²) in [5.74, 6) is 0.0314. The summed E-state index contributed by atoms with van der Waals surface area (Å²) in [7, 11) is 0. The summed E-state index contributed by atoms with van der Waals surface area (Å²) in [6, 6.07) is 0. The topological polar surface area (TPSA) is 49.3 Å². The minimum absolute atomic E-state index is 0.0126. The number of carboxylic acid groups (broad SMARTS) is 1. The van der Waals surface area contributed by atoms with Gasteiger partial charge in [-0.05, 0) is 37.1 Å². The van der Waals surface area contributed by atoms with Crippen molar-refractivity contribution in [2.45, 2.75) is 52.4 Å². The van der Waals surface area contributed by atoms with Crippen molar-refractivity contribution in [3.05, 3.63) is 0 Å². The zero-order valence-corrected chi connectivity index (χ0v) is 10.6. The van der Waals surface area contributed by atoms with Crippen molar-refractivity contribution in [3.63, 3.8) is 0 Å². The molecule has 0 aromatic rings. The number of hydrogen-bond acceptors (Lipinski definition) is 2. The van der Waals surface area contributed by atoms with Crippen LogP contribution in [-0.4, -0.2) is 24.2 Å². The quantitative estimate of drug-likeness (QED) is 0.686. The van der Waals surface area contributed by atoms with Gasteiger partial charge >= 0.3 is 5.97 Å². The van der Waals surface area contributed by atoms with E-state index in [4.69, 9.17) is 5.11 Å². The predicted molar refractivity (Wildman–Crippen MR) is 65.5 cm³/mol. The molecule has 94 valence electrons. The van der Waals surface area contributed by atoms with Crippen molar-refractivity contribution in [1.29, 1.82) is 0 Å². The average molecular weight is 227 g/mol. The molecule has 0 heterocycles. The normalized spacial score (nSPS) is 30.2. The van der Waals surface area contributed by atoms with Crippen LogP contribution in [0.5, 0.6) is 0 Å². The first-order valence-electron chi connectivity index (χ1n) is 6.50. The molecule has 1 fully saturated rings. The van der Waals surface area contributed by atoms with E-state index < -0.39 is 5.97 Å². The van der Waals surface area contributed by atoms with E-state index in [0.29, 0.717) is 12.3 Å². The van der Waals surface area contributed by atoms with E-state index in [-0.39, 0.29) is 5.41 Å². The highest BCUT2D eigenvalue weighted by molar-refractivity contribution is 5.67. The molecule has 3 heteroatoms. The lowest BCUT2D eigenvalue weighted by atomic mass is 9.68. The van der Waals surface area contributed by atoms with Crippen molar-refractivity contribution >= 4 is 5.97 Å². The van der Waals surface area contributed by atoms with Crippen LogP contribution in [0, 0.1) is 11.3 Å². The second kappa shape index (κ2) is 6.24. The molecule has 2 N–H and O–H groups in total. The van der Waals surface area contributed by atoms with Crippen LogP contribution in [0.1, 0.15) is 52.4 Å². The van der Waals surface area contributed by atoms with Gasteiger partial charge in [-0.25, -0.2) is 0 Å². The molecule has 1 aliphatic rings. The fourth-order valence-electron chi connectivity index (χ4n) is 3.00. The van der Waals surface area contributed by atoms with Gasteiger partial charge in [-0.3, -0.25) is 4.79 Å². The molecule has 0 spiro atoms. The maximum atomic E-state index is 11.0. The highest BCUT2D eigenvalue weighted by atomic mass is 16.4. The molecule has 0 aromatic heterocycles. The molecular weight excluding hydrogens is 202 g/mol. The van der Waals surface area contributed by atoms with Gasteiger partial charge in [0.1, 0.15) is 0 Å². The van der Waals surface area contributed by atoms with E-state index in [1.54, 1.807) is 0 Å². The Morgan fingerprint density at radius 2 is 2.31 bits per heavy atom. The summed E-state index contributed by atoms with van der Waals surface area (Å²) >= 11 is 0. The molecule has 0 radical (unpaired) electrons. The van der Waals surface area contributed by atoms with Crippen LogP contribution in [0.15, 0.2) is 0 Å². The molecule has 0 aliphatic heterocycles. The SMILES string of the molecule is CCCNC[C@@]1(CC(=O)O)CCC[C@@H](C)C1. The van der Waals surface area contributed by atoms with Crippen molar-refractivity contribution in [1.82, 2.24) is 5.32 Å². The lowest BCUT2D eigenvalue weighted by molar-refractivity contribution is -0.140. The van der Waals surface area contributed by atoms with E-state index in [0.717, 1.165) is 32.4 Å². The van der Waals surface area contributed by atoms with Gasteiger partial charge in [0, 0.05) is 6.54 Å². The number of aliphatic carboxylic acids is 1. The van der Waals surface area contributed by atoms with Crippen LogP contribution < -0.4 is 5.32 Å². The molecule has 16 heavy (non-hydrogen) atoms. The summed E-state index contributed by atoms with van der Waals surface area (Å²) in [5.41, 5.74) is 0.0126. The Morgan fingerprint density at radius 1 is 1.56 bits per heavy atom. The van der Waals surface area contributed by atoms with Crippen LogP contribution in [0.25, 0.3) is 0 Å². The first kappa shape index (κ1) is 13.5. The zero-order valence-electron chi connectivity index (χ0n) is 10.6. The Hall–Kier alpha value is -0.570. The van der Waals surface area contributed by atoms with Crippen LogP contribution in [0.4, 0.5) is 0 Å². The minimum Gasteiger partial charge on any atom is -0.481 e. The number of hydrogen-bond donors (Lipinski definition) is 2. The molecule has 3 nitrogen and oxygen atoms in total. The molecular formula is C13H25NO2. The van der Waals surface area contributed by atoms with E-state index in [2.05, 4.69) is 19.2 Å². The summed E-state index contributed by atoms with van der Waals surface area (Å²) in [6.45, 7) is 6.25. The van der Waals surface area contributed by atoms with Crippen molar-refractivity contribution in [2.75, 3.05) is 13.1 Å². The maximum Gasteiger partial charge on any atom is 0.303 e. The molecule has 0 amide bonds. The third-order valence-corrected chi connectivity index (χ3v) is 3.64. The van der Waals surface area contributed by atoms with Crippen LogP contribution in [0.2, 0.25) is 0 Å². The van der Waals surface area contributed by atoms with Crippen molar-refractivity contribution < 1.29 is 9.90 Å². The van der Waals surface area contributed by atoms with Gasteiger partial charge in [0.2, 0.25) is 0 Å². The first-order valence-corrected chi connectivity index (χ1v) is 6.50. The monoisotopic (exact) mass is 227 g/mol. The van der Waals surface area contributed by atoms with Gasteiger partial charge in [0.05, 0.1) is 6.42 Å². The Balaban J connectivity index is 2.55. The second-order valence-electron chi connectivity index (χ2n) is 5.45. The summed E-state index contributed by atoms with van der Waals surface area (Å²) in [4.78, 5) is 11.0. The van der Waals surface area contributed by atoms with Gasteiger partial charge in [-0.15, -0.1) is 0 Å². The summed E-state index contributed by atoms with van der Waals surface area (Å²) < 4.78 is 0. The molecule has 0 unspecified atom stereocenters. The molecule has 2 atom stereocenters. The van der Waals surface area contributed by atoms with Gasteiger partial charge in [0.25, 0.3) is 0 Å². The van der Waals surface area contributed by atoms with E-state index in [1.165, 1.54) is 12.8 Å². The van der Waals surface area contributed by atoms with Gasteiger partial charge in [-0.1, -0.05) is 26.7 Å². The van der Waals surface area contributed by atoms with Crippen LogP contribution >= 0.6 is 0 Å². The number of carboxylic acids is 1. The van der Waals surface area contributed by atoms with Gasteiger partial charge in [-0.2, -0.15) is 0 Å². The smallest absolute Gasteiger partial charge is 0.303 e. The third-order valence-electron chi connectivity index (χ3n) is 3.64. The van der Waals surface area contributed by atoms with Crippen molar-refractivity contribution in [2.24, 2.45) is 11.3 Å². The Labute approximate surface area is 98.6 Å². The highest BCUT2D eigenvalue weighted by Gasteiger charge is 2.36. The molecule has 0 aromatic carbocycles. The molecule has 1 rings (SSSR count). The lowest BCUT2D eigenvalue weighted by Gasteiger charge is -2.39. The number of nitrogens with one attached hydrogen (secondary N) is 1. The predicted octanol–water partition coefficient (Wildman–Crippen LogP) is 2.66. The lowest BCUT2D eigenvalue weighted by Crippen LogP contribution is -2.40. The van der Waals surface area contributed by atoms with E-state index in [9.17, 15) is 4.79 Å². The Kier molecular flexibility index (Phi) is 5.26. The van der Waals surface area contributed by atoms with Crippen molar-refractivity contribution in [3.8, 4) is 0 Å². The largest absolute Gasteiger partial charge is 0.481 e. The summed E-state index contributed by atoms with van der Waals surface area (Å²) in [6.07, 6.45) is 6.01. The van der Waals surface area contributed by atoms with Crippen LogP contribution in [-0.2, 0) is 4.79 Å². The average Bonchev–Trinajstić information content (AvgIpc) is 2.16. The summed E-state index contributed by atoms with van der Waals surface area (Å²) in [5, 5.41) is 12.5. The minimum atomic E-state index is -0.646. The Bertz CT molecular complexity index is 230. The number of rotatable bonds is 6. The molecule has 0 bridgehead atoms. The van der Waals surface area contributed by atoms with Crippen LogP contribution in [0.3, 0.4) is 0 Å². The second-order valence-corrected chi connectivity index (χ2v) is 5.45.